The molecule has 1 heterocycles. The van der Waals surface area contributed by atoms with Crippen LogP contribution in [-0.4, -0.2) is 20.8 Å². The molecular weight excluding hydrogens is 316 g/mol. The minimum atomic E-state index is -0.466. The Balaban J connectivity index is 2.02. The number of halogens is 1. The summed E-state index contributed by atoms with van der Waals surface area (Å²) in [5.41, 5.74) is 4.46. The average molecular weight is 329 g/mol. The first-order valence-corrected chi connectivity index (χ1v) is 7.26. The molecule has 6 nitrogen and oxygen atoms in total. The van der Waals surface area contributed by atoms with Gasteiger partial charge in [0.25, 0.3) is 5.69 Å². The molecule has 0 aliphatic carbocycles. The summed E-state index contributed by atoms with van der Waals surface area (Å²) in [7, 11) is 0. The second-order valence-electron chi connectivity index (χ2n) is 5.22. The molecule has 0 aliphatic rings. The molecule has 0 spiro atoms. The summed E-state index contributed by atoms with van der Waals surface area (Å²) in [5, 5.41) is 15.6. The zero-order chi connectivity index (χ0) is 16.6. The Labute approximate surface area is 137 Å². The molecule has 0 saturated carbocycles. The van der Waals surface area contributed by atoms with Gasteiger partial charge in [-0.25, -0.2) is 9.66 Å². The summed E-state index contributed by atoms with van der Waals surface area (Å²) >= 11 is 6.07. The fourth-order valence-corrected chi connectivity index (χ4v) is 2.38. The Morgan fingerprint density at radius 1 is 1.26 bits per heavy atom. The van der Waals surface area contributed by atoms with Crippen LogP contribution in [-0.2, 0) is 0 Å². The Morgan fingerprint density at radius 3 is 2.74 bits per heavy atom. The molecule has 3 rings (SSSR count). The van der Waals surface area contributed by atoms with Crippen LogP contribution in [0.4, 0.5) is 5.69 Å². The lowest BCUT2D eigenvalue weighted by Gasteiger charge is -2.01. The molecule has 0 fully saturated rings. The van der Waals surface area contributed by atoms with Crippen LogP contribution in [0.15, 0.2) is 41.8 Å². The van der Waals surface area contributed by atoms with Crippen LogP contribution >= 0.6 is 11.6 Å². The number of aromatic nitrogens is 2. The summed E-state index contributed by atoms with van der Waals surface area (Å²) in [4.78, 5) is 14.7. The van der Waals surface area contributed by atoms with E-state index in [0.717, 1.165) is 22.2 Å². The predicted molar refractivity (Wildman–Crippen MR) is 90.3 cm³/mol. The minimum Gasteiger partial charge on any atom is -0.258 e. The van der Waals surface area contributed by atoms with Gasteiger partial charge in [-0.1, -0.05) is 11.6 Å². The summed E-state index contributed by atoms with van der Waals surface area (Å²) in [6.45, 7) is 4.05. The highest BCUT2D eigenvalue weighted by Crippen LogP contribution is 2.21. The molecule has 0 unspecified atom stereocenters. The number of aryl methyl sites for hydroxylation is 2. The smallest absolute Gasteiger partial charge is 0.258 e. The lowest BCUT2D eigenvalue weighted by Crippen LogP contribution is -1.93. The molecule has 2 aromatic carbocycles. The second-order valence-corrected chi connectivity index (χ2v) is 5.63. The summed E-state index contributed by atoms with van der Waals surface area (Å²) in [6, 6.07) is 8.24. The van der Waals surface area contributed by atoms with Crippen LogP contribution in [0.1, 0.15) is 16.7 Å². The van der Waals surface area contributed by atoms with Gasteiger partial charge in [0.15, 0.2) is 0 Å². The number of hydrogen-bond acceptors (Lipinski definition) is 4. The summed E-state index contributed by atoms with van der Waals surface area (Å²) in [6.07, 6.45) is 3.09. The monoisotopic (exact) mass is 328 g/mol. The van der Waals surface area contributed by atoms with Gasteiger partial charge in [-0.05, 0) is 43.2 Å². The number of imidazole rings is 1. The zero-order valence-electron chi connectivity index (χ0n) is 12.5. The van der Waals surface area contributed by atoms with Crippen molar-refractivity contribution in [2.24, 2.45) is 5.10 Å². The van der Waals surface area contributed by atoms with Gasteiger partial charge in [0.2, 0.25) is 0 Å². The third-order valence-electron chi connectivity index (χ3n) is 3.66. The van der Waals surface area contributed by atoms with Crippen molar-refractivity contribution in [3.8, 4) is 0 Å². The van der Waals surface area contributed by atoms with E-state index in [0.29, 0.717) is 10.6 Å². The highest BCUT2D eigenvalue weighted by atomic mass is 35.5. The highest BCUT2D eigenvalue weighted by Gasteiger charge is 2.09. The van der Waals surface area contributed by atoms with E-state index < -0.39 is 4.92 Å². The highest BCUT2D eigenvalue weighted by molar-refractivity contribution is 6.33. The van der Waals surface area contributed by atoms with Crippen LogP contribution < -0.4 is 0 Å². The van der Waals surface area contributed by atoms with Crippen molar-refractivity contribution in [3.63, 3.8) is 0 Å². The number of non-ortho nitro benzene ring substituents is 1. The summed E-state index contributed by atoms with van der Waals surface area (Å²) in [5.74, 6) is 0. The average Bonchev–Trinajstić information content (AvgIpc) is 2.89. The first kappa shape index (κ1) is 15.2. The van der Waals surface area contributed by atoms with Gasteiger partial charge in [-0.2, -0.15) is 5.10 Å². The van der Waals surface area contributed by atoms with E-state index in [1.807, 2.05) is 26.0 Å². The van der Waals surface area contributed by atoms with E-state index in [1.165, 1.54) is 24.4 Å². The molecule has 0 radical (unpaired) electrons. The molecule has 0 bridgehead atoms. The van der Waals surface area contributed by atoms with Crippen LogP contribution in [0.5, 0.6) is 0 Å². The number of rotatable bonds is 3. The largest absolute Gasteiger partial charge is 0.270 e. The molecule has 1 aromatic heterocycles. The molecule has 0 aliphatic heterocycles. The van der Waals surface area contributed by atoms with E-state index in [9.17, 15) is 10.1 Å². The van der Waals surface area contributed by atoms with Crippen LogP contribution in [0.2, 0.25) is 5.02 Å². The van der Waals surface area contributed by atoms with Gasteiger partial charge >= 0.3 is 0 Å². The quantitative estimate of drug-likeness (QED) is 0.413. The Bertz CT molecular complexity index is 947. The van der Waals surface area contributed by atoms with Crippen molar-refractivity contribution in [2.75, 3.05) is 0 Å². The number of hydrogen-bond donors (Lipinski definition) is 0. The first-order valence-electron chi connectivity index (χ1n) is 6.88. The number of nitro groups is 1. The maximum atomic E-state index is 10.8. The van der Waals surface area contributed by atoms with Gasteiger partial charge in [0.1, 0.15) is 6.33 Å². The predicted octanol–water partition coefficient (Wildman–Crippen LogP) is 4.10. The lowest BCUT2D eigenvalue weighted by molar-refractivity contribution is -0.384. The maximum absolute atomic E-state index is 10.8. The first-order chi connectivity index (χ1) is 11.0. The van der Waals surface area contributed by atoms with E-state index in [1.54, 1.807) is 11.0 Å². The Hall–Kier alpha value is -2.73. The fourth-order valence-electron chi connectivity index (χ4n) is 2.21. The van der Waals surface area contributed by atoms with Gasteiger partial charge in [0, 0.05) is 22.7 Å². The van der Waals surface area contributed by atoms with Gasteiger partial charge in [-0.3, -0.25) is 10.1 Å². The Kier molecular flexibility index (Phi) is 3.83. The van der Waals surface area contributed by atoms with E-state index in [4.69, 9.17) is 11.6 Å². The molecule has 0 saturated heterocycles. The minimum absolute atomic E-state index is 0.0298. The molecule has 3 aromatic rings. The van der Waals surface area contributed by atoms with E-state index in [-0.39, 0.29) is 5.69 Å². The van der Waals surface area contributed by atoms with Gasteiger partial charge in [0.05, 0.1) is 22.2 Å². The molecule has 0 N–H and O–H groups in total. The SMILES string of the molecule is Cc1cc2ncn(/N=C/c3cc([N+](=O)[O-])ccc3Cl)c2cc1C. The van der Waals surface area contributed by atoms with Crippen molar-refractivity contribution in [1.29, 1.82) is 0 Å². The number of nitro benzene ring substituents is 1. The van der Waals surface area contributed by atoms with Crippen LogP contribution in [0.25, 0.3) is 11.0 Å². The molecule has 7 heteroatoms. The molecule has 23 heavy (non-hydrogen) atoms. The summed E-state index contributed by atoms with van der Waals surface area (Å²) < 4.78 is 1.62. The van der Waals surface area contributed by atoms with Crippen molar-refractivity contribution in [1.82, 2.24) is 9.66 Å². The molecule has 0 amide bonds. The standard InChI is InChI=1S/C16H13ClN4O2/c1-10-5-15-16(6-11(10)2)20(9-18-15)19-8-12-7-13(21(22)23)3-4-14(12)17/h3-9H,1-2H3/b19-8+. The van der Waals surface area contributed by atoms with Crippen molar-refractivity contribution in [3.05, 3.63) is 68.5 Å². The number of fused-ring (bicyclic) bond motifs is 1. The molecule has 116 valence electrons. The Morgan fingerprint density at radius 2 is 2.00 bits per heavy atom. The lowest BCUT2D eigenvalue weighted by atomic mass is 10.1. The van der Waals surface area contributed by atoms with Crippen LogP contribution in [0.3, 0.4) is 0 Å². The van der Waals surface area contributed by atoms with Crippen LogP contribution in [0, 0.1) is 24.0 Å². The third kappa shape index (κ3) is 2.93. The fraction of sp³-hybridized carbons (Fsp3) is 0.125. The van der Waals surface area contributed by atoms with Gasteiger partial charge in [-0.15, -0.1) is 0 Å². The topological polar surface area (TPSA) is 73.3 Å². The third-order valence-corrected chi connectivity index (χ3v) is 4.00. The molecular formula is C16H13ClN4O2. The van der Waals surface area contributed by atoms with E-state index in [2.05, 4.69) is 10.1 Å². The number of benzene rings is 2. The van der Waals surface area contributed by atoms with Crippen molar-refractivity contribution in [2.45, 2.75) is 13.8 Å². The normalized spacial score (nSPS) is 11.4. The van der Waals surface area contributed by atoms with Gasteiger partial charge < -0.3 is 0 Å². The maximum Gasteiger partial charge on any atom is 0.270 e. The molecule has 0 atom stereocenters. The zero-order valence-corrected chi connectivity index (χ0v) is 13.3. The van der Waals surface area contributed by atoms with Crippen molar-refractivity contribution >= 4 is 34.5 Å². The number of nitrogens with zero attached hydrogens (tertiary/aromatic N) is 4. The van der Waals surface area contributed by atoms with Crippen molar-refractivity contribution < 1.29 is 4.92 Å². The second kappa shape index (κ2) is 5.81. The van der Waals surface area contributed by atoms with E-state index >= 15 is 0 Å².